The van der Waals surface area contributed by atoms with Crippen molar-refractivity contribution < 1.29 is 33.0 Å². The molecule has 1 fully saturated rings. The van der Waals surface area contributed by atoms with E-state index in [1.807, 2.05) is 0 Å². The Labute approximate surface area is 169 Å². The molecule has 1 aliphatic heterocycles. The summed E-state index contributed by atoms with van der Waals surface area (Å²) in [6.45, 7) is 0.708. The SMILES string of the molecule is CS(=O)(=O)CC[C@H](NC(=O)C1=C[C@@H](NC(=O)[C@H]2CCCN2)[C@@H](O)[C@H](O)C1)C(N)=O. The second-order valence-corrected chi connectivity index (χ2v) is 9.74. The number of carbonyl (C=O) groups excluding carboxylic acids is 3. The quantitative estimate of drug-likeness (QED) is 0.230. The van der Waals surface area contributed by atoms with Crippen LogP contribution >= 0.6 is 0 Å². The molecule has 1 saturated heterocycles. The van der Waals surface area contributed by atoms with Gasteiger partial charge >= 0.3 is 0 Å². The van der Waals surface area contributed by atoms with Gasteiger partial charge in [0.2, 0.25) is 17.7 Å². The molecule has 0 saturated carbocycles. The first-order valence-corrected chi connectivity index (χ1v) is 11.4. The van der Waals surface area contributed by atoms with E-state index >= 15 is 0 Å². The van der Waals surface area contributed by atoms with E-state index in [-0.39, 0.29) is 30.1 Å². The van der Waals surface area contributed by atoms with Gasteiger partial charge in [-0.2, -0.15) is 0 Å². The number of aliphatic hydroxyl groups excluding tert-OH is 2. The standard InChI is InChI=1S/C17H28N4O7S/c1-29(27,28)6-4-10(15(18)24)20-16(25)9-7-12(14(23)13(22)8-9)21-17(26)11-3-2-5-19-11/h7,10-14,19,22-23H,2-6,8H2,1H3,(H2,18,24)(H,20,25)(H,21,26)/t10-,11+,12+,13+,14+/m0/s1. The lowest BCUT2D eigenvalue weighted by Gasteiger charge is -2.32. The molecule has 5 atom stereocenters. The first kappa shape index (κ1) is 23.3. The Hall–Kier alpha value is -2.02. The molecular weight excluding hydrogens is 404 g/mol. The third kappa shape index (κ3) is 6.77. The van der Waals surface area contributed by atoms with E-state index in [0.717, 1.165) is 12.7 Å². The van der Waals surface area contributed by atoms with E-state index in [0.29, 0.717) is 13.0 Å². The van der Waals surface area contributed by atoms with E-state index < -0.39 is 52.0 Å². The topological polar surface area (TPSA) is 188 Å². The van der Waals surface area contributed by atoms with E-state index in [1.165, 1.54) is 6.08 Å². The first-order valence-electron chi connectivity index (χ1n) is 9.36. The Bertz CT molecular complexity index is 777. The lowest BCUT2D eigenvalue weighted by molar-refractivity contribution is -0.126. The van der Waals surface area contributed by atoms with Crippen molar-refractivity contribution in [1.82, 2.24) is 16.0 Å². The summed E-state index contributed by atoms with van der Waals surface area (Å²) in [6, 6.07) is -2.60. The maximum absolute atomic E-state index is 12.5. The number of nitrogens with one attached hydrogen (secondary N) is 3. The van der Waals surface area contributed by atoms with Gasteiger partial charge in [-0.1, -0.05) is 6.08 Å². The van der Waals surface area contributed by atoms with Crippen LogP contribution in [0.4, 0.5) is 0 Å². The normalized spacial score (nSPS) is 28.3. The summed E-state index contributed by atoms with van der Waals surface area (Å²) in [5.41, 5.74) is 5.29. The molecule has 0 radical (unpaired) electrons. The van der Waals surface area contributed by atoms with Crippen molar-refractivity contribution in [3.8, 4) is 0 Å². The maximum Gasteiger partial charge on any atom is 0.247 e. The zero-order valence-electron chi connectivity index (χ0n) is 16.1. The van der Waals surface area contributed by atoms with Gasteiger partial charge in [0.05, 0.1) is 23.9 Å². The van der Waals surface area contributed by atoms with Gasteiger partial charge in [0, 0.05) is 18.2 Å². The minimum Gasteiger partial charge on any atom is -0.390 e. The van der Waals surface area contributed by atoms with Crippen LogP contribution in [0, 0.1) is 0 Å². The average Bonchev–Trinajstić information content (AvgIpc) is 3.15. The number of aliphatic hydroxyl groups is 2. The Balaban J connectivity index is 2.07. The molecule has 0 aromatic rings. The molecule has 2 aliphatic rings. The van der Waals surface area contributed by atoms with E-state index in [9.17, 15) is 33.0 Å². The molecular formula is C17H28N4O7S. The number of sulfone groups is 1. The molecule has 3 amide bonds. The van der Waals surface area contributed by atoms with Crippen LogP contribution < -0.4 is 21.7 Å². The summed E-state index contributed by atoms with van der Waals surface area (Å²) in [6.07, 6.45) is 0.841. The number of primary amides is 1. The minimum atomic E-state index is -3.36. The Kier molecular flexibility index (Phi) is 7.74. The fourth-order valence-electron chi connectivity index (χ4n) is 3.31. The van der Waals surface area contributed by atoms with Crippen LogP contribution in [0.25, 0.3) is 0 Å². The molecule has 29 heavy (non-hydrogen) atoms. The summed E-state index contributed by atoms with van der Waals surface area (Å²) < 4.78 is 22.6. The summed E-state index contributed by atoms with van der Waals surface area (Å²) in [5, 5.41) is 28.2. The van der Waals surface area contributed by atoms with Crippen molar-refractivity contribution in [2.24, 2.45) is 5.73 Å². The highest BCUT2D eigenvalue weighted by atomic mass is 32.2. The number of hydrogen-bond acceptors (Lipinski definition) is 8. The molecule has 0 spiro atoms. The maximum atomic E-state index is 12.5. The summed E-state index contributed by atoms with van der Waals surface area (Å²) in [4.78, 5) is 36.3. The van der Waals surface area contributed by atoms with Gasteiger partial charge in [-0.3, -0.25) is 14.4 Å². The van der Waals surface area contributed by atoms with Crippen LogP contribution in [0.3, 0.4) is 0 Å². The van der Waals surface area contributed by atoms with Crippen LogP contribution in [-0.2, 0) is 24.2 Å². The Morgan fingerprint density at radius 3 is 2.59 bits per heavy atom. The molecule has 0 aromatic carbocycles. The van der Waals surface area contributed by atoms with E-state index in [2.05, 4.69) is 16.0 Å². The minimum absolute atomic E-state index is 0.0538. The van der Waals surface area contributed by atoms with E-state index in [4.69, 9.17) is 5.73 Å². The lowest BCUT2D eigenvalue weighted by Crippen LogP contribution is -2.54. The smallest absolute Gasteiger partial charge is 0.247 e. The molecule has 164 valence electrons. The molecule has 1 aliphatic carbocycles. The summed E-state index contributed by atoms with van der Waals surface area (Å²) in [7, 11) is -3.36. The third-order valence-corrected chi connectivity index (χ3v) is 5.95. The van der Waals surface area contributed by atoms with Crippen molar-refractivity contribution in [2.75, 3.05) is 18.6 Å². The zero-order valence-corrected chi connectivity index (χ0v) is 16.9. The third-order valence-electron chi connectivity index (χ3n) is 4.98. The van der Waals surface area contributed by atoms with Crippen molar-refractivity contribution in [3.63, 3.8) is 0 Å². The number of carbonyl (C=O) groups is 3. The predicted molar refractivity (Wildman–Crippen MR) is 103 cm³/mol. The molecule has 12 heteroatoms. The van der Waals surface area contributed by atoms with Gasteiger partial charge in [-0.05, 0) is 25.8 Å². The van der Waals surface area contributed by atoms with Gasteiger partial charge < -0.3 is 31.9 Å². The second-order valence-electron chi connectivity index (χ2n) is 7.48. The lowest BCUT2D eigenvalue weighted by atomic mass is 9.89. The monoisotopic (exact) mass is 432 g/mol. The number of nitrogens with two attached hydrogens (primary N) is 1. The van der Waals surface area contributed by atoms with Gasteiger partial charge in [0.1, 0.15) is 22.0 Å². The van der Waals surface area contributed by atoms with Gasteiger partial charge in [-0.25, -0.2) is 8.42 Å². The van der Waals surface area contributed by atoms with Crippen LogP contribution in [0.5, 0.6) is 0 Å². The molecule has 0 unspecified atom stereocenters. The zero-order chi connectivity index (χ0) is 21.8. The van der Waals surface area contributed by atoms with Crippen molar-refractivity contribution in [1.29, 1.82) is 0 Å². The summed E-state index contributed by atoms with van der Waals surface area (Å²) in [5.74, 6) is -2.31. The second kappa shape index (κ2) is 9.65. The molecule has 0 bridgehead atoms. The molecule has 1 heterocycles. The fourth-order valence-corrected chi connectivity index (χ4v) is 3.97. The molecule has 7 N–H and O–H groups in total. The van der Waals surface area contributed by atoms with Crippen LogP contribution in [0.2, 0.25) is 0 Å². The van der Waals surface area contributed by atoms with Crippen molar-refractivity contribution in [3.05, 3.63) is 11.6 Å². The van der Waals surface area contributed by atoms with Crippen LogP contribution in [0.15, 0.2) is 11.6 Å². The largest absolute Gasteiger partial charge is 0.390 e. The highest BCUT2D eigenvalue weighted by Crippen LogP contribution is 2.20. The van der Waals surface area contributed by atoms with Crippen LogP contribution in [-0.4, -0.2) is 85.2 Å². The highest BCUT2D eigenvalue weighted by Gasteiger charge is 2.35. The van der Waals surface area contributed by atoms with Crippen molar-refractivity contribution >= 4 is 27.6 Å². The van der Waals surface area contributed by atoms with Crippen molar-refractivity contribution in [2.45, 2.75) is 56.0 Å². The number of hydrogen-bond donors (Lipinski definition) is 6. The number of amides is 3. The predicted octanol–water partition coefficient (Wildman–Crippen LogP) is -3.32. The van der Waals surface area contributed by atoms with Gasteiger partial charge in [0.15, 0.2) is 0 Å². The fraction of sp³-hybridized carbons (Fsp3) is 0.706. The molecule has 2 rings (SSSR count). The first-order chi connectivity index (χ1) is 13.5. The highest BCUT2D eigenvalue weighted by molar-refractivity contribution is 7.90. The van der Waals surface area contributed by atoms with E-state index in [1.54, 1.807) is 0 Å². The van der Waals surface area contributed by atoms with Crippen LogP contribution in [0.1, 0.15) is 25.7 Å². The Morgan fingerprint density at radius 1 is 1.34 bits per heavy atom. The number of rotatable bonds is 8. The molecule has 11 nitrogen and oxygen atoms in total. The molecule has 0 aromatic heterocycles. The average molecular weight is 432 g/mol. The van der Waals surface area contributed by atoms with Gasteiger partial charge in [0.25, 0.3) is 0 Å². The summed E-state index contributed by atoms with van der Waals surface area (Å²) >= 11 is 0. The Morgan fingerprint density at radius 2 is 2.03 bits per heavy atom. The van der Waals surface area contributed by atoms with Gasteiger partial charge in [-0.15, -0.1) is 0 Å².